The average Bonchev–Trinajstić information content (AvgIpc) is 3.61. The molecule has 1 unspecified atom stereocenters. The highest BCUT2D eigenvalue weighted by atomic mass is 19.3. The molecule has 0 saturated heterocycles. The number of rotatable bonds is 10. The van der Waals surface area contributed by atoms with E-state index in [2.05, 4.69) is 15.4 Å². The number of nitrogens with zero attached hydrogens (tertiary/aromatic N) is 1. The lowest BCUT2D eigenvalue weighted by molar-refractivity contribution is -0.129. The molecule has 3 amide bonds. The second kappa shape index (κ2) is 10.1. The maximum Gasteiger partial charge on any atom is 0.387 e. The SMILES string of the molecule is COc1ccc(CCNC(=O)CNC(=O)C2c3ccccc3C(=O)N2C2CC2)cc1OC(F)F. The molecule has 1 fully saturated rings. The maximum absolute atomic E-state index is 12.9. The number of carbonyl (C=O) groups is 3. The predicted octanol–water partition coefficient (Wildman–Crippen LogP) is 2.43. The zero-order valence-electron chi connectivity index (χ0n) is 18.6. The second-order valence-corrected chi connectivity index (χ2v) is 8.11. The fourth-order valence-corrected chi connectivity index (χ4v) is 4.07. The fraction of sp³-hybridized carbons (Fsp3) is 0.375. The van der Waals surface area contributed by atoms with Crippen LogP contribution in [-0.2, 0) is 16.0 Å². The third kappa shape index (κ3) is 5.11. The Balaban J connectivity index is 1.29. The van der Waals surface area contributed by atoms with Crippen LogP contribution in [0, 0.1) is 0 Å². The van der Waals surface area contributed by atoms with E-state index in [1.807, 2.05) is 0 Å². The summed E-state index contributed by atoms with van der Waals surface area (Å²) < 4.78 is 34.6. The van der Waals surface area contributed by atoms with Gasteiger partial charge in [-0.1, -0.05) is 24.3 Å². The van der Waals surface area contributed by atoms with Crippen LogP contribution in [0.25, 0.3) is 0 Å². The first-order chi connectivity index (χ1) is 16.4. The Kier molecular flexibility index (Phi) is 6.95. The fourth-order valence-electron chi connectivity index (χ4n) is 4.07. The summed E-state index contributed by atoms with van der Waals surface area (Å²) in [7, 11) is 1.35. The Morgan fingerprint density at radius 3 is 2.59 bits per heavy atom. The lowest BCUT2D eigenvalue weighted by Gasteiger charge is -2.24. The van der Waals surface area contributed by atoms with Crippen molar-refractivity contribution in [3.05, 3.63) is 59.2 Å². The Morgan fingerprint density at radius 2 is 1.88 bits per heavy atom. The summed E-state index contributed by atoms with van der Waals surface area (Å²) in [5, 5.41) is 5.31. The van der Waals surface area contributed by atoms with E-state index in [1.54, 1.807) is 35.2 Å². The number of halogens is 2. The van der Waals surface area contributed by atoms with Crippen LogP contribution in [0.1, 0.15) is 40.4 Å². The minimum atomic E-state index is -2.98. The minimum absolute atomic E-state index is 0.0490. The van der Waals surface area contributed by atoms with Crippen molar-refractivity contribution in [3.63, 3.8) is 0 Å². The van der Waals surface area contributed by atoms with Gasteiger partial charge in [0.15, 0.2) is 11.5 Å². The van der Waals surface area contributed by atoms with Crippen molar-refractivity contribution in [1.82, 2.24) is 15.5 Å². The lowest BCUT2D eigenvalue weighted by Crippen LogP contribution is -2.44. The summed E-state index contributed by atoms with van der Waals surface area (Å²) in [6.07, 6.45) is 2.09. The molecule has 1 atom stereocenters. The first-order valence-electron chi connectivity index (χ1n) is 11.0. The smallest absolute Gasteiger partial charge is 0.387 e. The second-order valence-electron chi connectivity index (χ2n) is 8.11. The number of benzene rings is 2. The Bertz CT molecular complexity index is 1090. The summed E-state index contributed by atoms with van der Waals surface area (Å²) >= 11 is 0. The van der Waals surface area contributed by atoms with Crippen molar-refractivity contribution in [3.8, 4) is 11.5 Å². The van der Waals surface area contributed by atoms with E-state index in [4.69, 9.17) is 4.74 Å². The zero-order chi connectivity index (χ0) is 24.2. The van der Waals surface area contributed by atoms with Crippen molar-refractivity contribution in [2.24, 2.45) is 0 Å². The van der Waals surface area contributed by atoms with E-state index in [-0.39, 0.29) is 36.5 Å². The van der Waals surface area contributed by atoms with Crippen molar-refractivity contribution in [2.75, 3.05) is 20.2 Å². The zero-order valence-corrected chi connectivity index (χ0v) is 18.6. The highest BCUT2D eigenvalue weighted by Crippen LogP contribution is 2.41. The minimum Gasteiger partial charge on any atom is -0.493 e. The van der Waals surface area contributed by atoms with Gasteiger partial charge >= 0.3 is 6.61 Å². The molecule has 0 spiro atoms. The molecule has 0 radical (unpaired) electrons. The molecule has 1 aliphatic heterocycles. The lowest BCUT2D eigenvalue weighted by atomic mass is 10.0. The number of hydrogen-bond acceptors (Lipinski definition) is 5. The third-order valence-corrected chi connectivity index (χ3v) is 5.79. The molecule has 1 aliphatic carbocycles. The van der Waals surface area contributed by atoms with Gasteiger partial charge in [0.25, 0.3) is 5.91 Å². The van der Waals surface area contributed by atoms with E-state index >= 15 is 0 Å². The summed E-state index contributed by atoms with van der Waals surface area (Å²) in [6.45, 7) is -2.99. The molecule has 2 aromatic carbocycles. The molecule has 8 nitrogen and oxygen atoms in total. The average molecular weight is 473 g/mol. The van der Waals surface area contributed by atoms with Gasteiger partial charge in [0.2, 0.25) is 11.8 Å². The highest BCUT2D eigenvalue weighted by molar-refractivity contribution is 6.05. The summed E-state index contributed by atoms with van der Waals surface area (Å²) in [5.41, 5.74) is 1.84. The largest absolute Gasteiger partial charge is 0.493 e. The van der Waals surface area contributed by atoms with Gasteiger partial charge in [0, 0.05) is 18.2 Å². The van der Waals surface area contributed by atoms with Crippen molar-refractivity contribution in [1.29, 1.82) is 0 Å². The Labute approximate surface area is 195 Å². The van der Waals surface area contributed by atoms with Gasteiger partial charge in [-0.2, -0.15) is 8.78 Å². The predicted molar refractivity (Wildman–Crippen MR) is 118 cm³/mol. The van der Waals surface area contributed by atoms with Gasteiger partial charge in [-0.3, -0.25) is 14.4 Å². The van der Waals surface area contributed by atoms with Crippen molar-refractivity contribution < 1.29 is 32.6 Å². The topological polar surface area (TPSA) is 97.0 Å². The van der Waals surface area contributed by atoms with Crippen molar-refractivity contribution >= 4 is 17.7 Å². The van der Waals surface area contributed by atoms with Crippen LogP contribution >= 0.6 is 0 Å². The first kappa shape index (κ1) is 23.5. The number of hydrogen-bond donors (Lipinski definition) is 2. The van der Waals surface area contributed by atoms with Crippen LogP contribution in [0.5, 0.6) is 11.5 Å². The molecule has 1 saturated carbocycles. The molecule has 2 N–H and O–H groups in total. The maximum atomic E-state index is 12.9. The van der Waals surface area contributed by atoms with Crippen LogP contribution < -0.4 is 20.1 Å². The van der Waals surface area contributed by atoms with Gasteiger partial charge in [-0.25, -0.2) is 0 Å². The first-order valence-corrected chi connectivity index (χ1v) is 11.0. The summed E-state index contributed by atoms with van der Waals surface area (Å²) in [4.78, 5) is 39.5. The molecule has 0 bridgehead atoms. The molecule has 2 aliphatic rings. The number of nitrogens with one attached hydrogen (secondary N) is 2. The van der Waals surface area contributed by atoms with E-state index in [0.717, 1.165) is 12.8 Å². The van der Waals surface area contributed by atoms with E-state index in [1.165, 1.54) is 19.2 Å². The highest BCUT2D eigenvalue weighted by Gasteiger charge is 2.47. The standard InChI is InChI=1S/C24H25F2N3O5/c1-33-18-9-6-14(12-19(18)34-24(25)26)10-11-27-20(30)13-28-22(31)21-16-4-2-3-5-17(16)23(32)29(21)15-7-8-15/h2-6,9,12,15,21,24H,7-8,10-11,13H2,1H3,(H,27,30)(H,28,31). The van der Waals surface area contributed by atoms with Crippen LogP contribution in [0.4, 0.5) is 8.78 Å². The molecule has 34 heavy (non-hydrogen) atoms. The van der Waals surface area contributed by atoms with Gasteiger partial charge in [0.05, 0.1) is 13.7 Å². The van der Waals surface area contributed by atoms with E-state index < -0.39 is 24.5 Å². The molecule has 0 aromatic heterocycles. The van der Waals surface area contributed by atoms with Crippen LogP contribution in [0.3, 0.4) is 0 Å². The number of alkyl halides is 2. The van der Waals surface area contributed by atoms with Gasteiger partial charge in [-0.15, -0.1) is 0 Å². The summed E-state index contributed by atoms with van der Waals surface area (Å²) in [5.74, 6) is -0.855. The van der Waals surface area contributed by atoms with Gasteiger partial charge in [-0.05, 0) is 48.6 Å². The van der Waals surface area contributed by atoms with Crippen molar-refractivity contribution in [2.45, 2.75) is 38.0 Å². The van der Waals surface area contributed by atoms with E-state index in [9.17, 15) is 23.2 Å². The van der Waals surface area contributed by atoms with E-state index in [0.29, 0.717) is 23.1 Å². The van der Waals surface area contributed by atoms with Crippen LogP contribution in [0.2, 0.25) is 0 Å². The number of ether oxygens (including phenoxy) is 2. The molecular formula is C24H25F2N3O5. The number of methoxy groups -OCH3 is 1. The molecule has 2 aromatic rings. The quantitative estimate of drug-likeness (QED) is 0.553. The number of amides is 3. The Hall–Kier alpha value is -3.69. The molecular weight excluding hydrogens is 448 g/mol. The number of carbonyl (C=O) groups excluding carboxylic acids is 3. The number of fused-ring (bicyclic) bond motifs is 1. The molecule has 4 rings (SSSR count). The van der Waals surface area contributed by atoms with Crippen LogP contribution in [0.15, 0.2) is 42.5 Å². The van der Waals surface area contributed by atoms with Gasteiger partial charge in [0.1, 0.15) is 6.04 Å². The summed E-state index contributed by atoms with van der Waals surface area (Å²) in [6, 6.07) is 11.0. The Morgan fingerprint density at radius 1 is 1.12 bits per heavy atom. The normalized spacial score (nSPS) is 16.9. The monoisotopic (exact) mass is 473 g/mol. The molecule has 1 heterocycles. The van der Waals surface area contributed by atoms with Crippen LogP contribution in [-0.4, -0.2) is 55.5 Å². The molecule has 180 valence electrons. The van der Waals surface area contributed by atoms with Gasteiger partial charge < -0.3 is 25.0 Å². The molecule has 10 heteroatoms. The third-order valence-electron chi connectivity index (χ3n) is 5.79.